The number of H-pyrrole nitrogens is 1. The summed E-state index contributed by atoms with van der Waals surface area (Å²) in [4.78, 5) is 46.1. The molecule has 0 radical (unpaired) electrons. The van der Waals surface area contributed by atoms with Crippen molar-refractivity contribution in [2.24, 2.45) is 5.92 Å². The molecule has 4 aromatic rings. The molecule has 0 unspecified atom stereocenters. The Hall–Kier alpha value is -4.58. The van der Waals surface area contributed by atoms with E-state index in [1.807, 2.05) is 86.6 Å². The monoisotopic (exact) mass is 630 g/mol. The first-order valence-corrected chi connectivity index (χ1v) is 15.4. The Morgan fingerprint density at radius 2 is 1.65 bits per heavy atom. The van der Waals surface area contributed by atoms with E-state index in [1.54, 1.807) is 6.20 Å². The normalized spacial score (nSPS) is 14.4. The van der Waals surface area contributed by atoms with E-state index >= 15 is 0 Å². The van der Waals surface area contributed by atoms with Crippen molar-refractivity contribution >= 4 is 28.6 Å². The molecule has 6 N–H and O–H groups in total. The fraction of sp³-hybridized carbons (Fsp3) is 0.371. The number of carbonyl (C=O) groups is 3. The number of imidazole rings is 1. The number of rotatable bonds is 18. The molecule has 11 heteroatoms. The van der Waals surface area contributed by atoms with E-state index in [9.17, 15) is 24.6 Å². The van der Waals surface area contributed by atoms with Gasteiger partial charge in [0.25, 0.3) is 0 Å². The van der Waals surface area contributed by atoms with E-state index in [0.29, 0.717) is 12.1 Å². The Bertz CT molecular complexity index is 1580. The minimum atomic E-state index is -1.33. The number of hydrogen-bond donors (Lipinski definition) is 6. The number of carboxylic acid groups (broad SMARTS) is 1. The zero-order valence-electron chi connectivity index (χ0n) is 27.1. The van der Waals surface area contributed by atoms with Crippen LogP contribution in [0, 0.1) is 5.92 Å². The van der Waals surface area contributed by atoms with Crippen LogP contribution in [0.5, 0.6) is 0 Å². The second-order valence-corrected chi connectivity index (χ2v) is 11.8. The Balaban J connectivity index is 1.58. The maximum atomic E-state index is 14.1. The number of benzene rings is 3. The summed E-state index contributed by atoms with van der Waals surface area (Å²) in [7, 11) is 0. The van der Waals surface area contributed by atoms with E-state index < -0.39 is 48.4 Å². The highest BCUT2D eigenvalue weighted by Crippen LogP contribution is 2.20. The van der Waals surface area contributed by atoms with Gasteiger partial charge in [0.15, 0.2) is 0 Å². The van der Waals surface area contributed by atoms with Gasteiger partial charge in [-0.05, 0) is 40.7 Å². The first-order chi connectivity index (χ1) is 22.6. The molecule has 0 saturated heterocycles. The van der Waals surface area contributed by atoms with E-state index in [-0.39, 0.29) is 32.1 Å². The number of hydrogen-bond acceptors (Lipinski definition) is 7. The zero-order chi connectivity index (χ0) is 33.8. The minimum Gasteiger partial charge on any atom is -0.481 e. The summed E-state index contributed by atoms with van der Waals surface area (Å²) in [6, 6.07) is 20.1. The molecule has 1 aromatic heterocycles. The summed E-state index contributed by atoms with van der Waals surface area (Å²) in [5, 5.41) is 28.5. The van der Waals surface area contributed by atoms with Gasteiger partial charge in [-0.2, -0.15) is 0 Å². The number of carboxylic acids is 1. The average Bonchev–Trinajstić information content (AvgIpc) is 3.56. The molecule has 0 spiro atoms. The third kappa shape index (κ3) is 10.5. The maximum absolute atomic E-state index is 14.1. The number of ether oxygens (including phenoxy) is 1. The smallest absolute Gasteiger partial charge is 0.306 e. The van der Waals surface area contributed by atoms with Crippen molar-refractivity contribution in [2.45, 2.75) is 70.4 Å². The molecule has 1 heterocycles. The first kappa shape index (κ1) is 32.8. The Morgan fingerprint density at radius 3 is 2.37 bits per heavy atom. The highest BCUT2D eigenvalue weighted by atomic mass is 16.5. The van der Waals surface area contributed by atoms with Crippen LogP contribution in [0.25, 0.3) is 10.8 Å². The SMILES string of the molecule is [2H]N(COCc1ccccc1)[C@@H](Cc1cccc2ccccc12)C(=O)N[C@@H](Cc1cnc[nH]1)C(=O)N[C@@H](CC(C)C)[C@@H](O)CC(=O)O. The zero-order valence-corrected chi connectivity index (χ0v) is 26.1. The summed E-state index contributed by atoms with van der Waals surface area (Å²) < 4.78 is 14.7. The van der Waals surface area contributed by atoms with Gasteiger partial charge in [-0.3, -0.25) is 19.7 Å². The van der Waals surface area contributed by atoms with Crippen LogP contribution < -0.4 is 15.9 Å². The molecule has 244 valence electrons. The lowest BCUT2D eigenvalue weighted by Gasteiger charge is -2.28. The third-order valence-corrected chi connectivity index (χ3v) is 7.61. The molecule has 2 amide bonds. The fourth-order valence-corrected chi connectivity index (χ4v) is 5.32. The second-order valence-electron chi connectivity index (χ2n) is 11.8. The number of aromatic amines is 1. The van der Waals surface area contributed by atoms with Gasteiger partial charge in [0.05, 0.1) is 44.3 Å². The number of aromatic nitrogens is 2. The highest BCUT2D eigenvalue weighted by molar-refractivity contribution is 5.91. The molecule has 4 atom stereocenters. The Labute approximate surface area is 270 Å². The standard InChI is InChI=1S/C35H43N5O6/c1-23(2)15-29(32(41)18-33(42)43)39-35(45)31(17-27-19-36-21-37-27)40-34(44)30(38-22-46-20-24-9-4-3-5-10-24)16-26-13-8-12-25-11-6-7-14-28(25)26/h3-14,19,21,23,29-32,38,41H,15-18,20,22H2,1-2H3,(H,36,37)(H,39,45)(H,40,44)(H,42,43)/t29-,30-,31-,32-/m0/s1/i/hD. The van der Waals surface area contributed by atoms with Gasteiger partial charge >= 0.3 is 5.97 Å². The molecule has 0 saturated carbocycles. The van der Waals surface area contributed by atoms with E-state index in [2.05, 4.69) is 20.6 Å². The van der Waals surface area contributed by atoms with Crippen molar-refractivity contribution in [3.63, 3.8) is 0 Å². The quantitative estimate of drug-likeness (QED) is 0.0912. The van der Waals surface area contributed by atoms with Crippen molar-refractivity contribution in [2.75, 3.05) is 6.73 Å². The number of carbonyl (C=O) groups excluding carboxylic acids is 2. The van der Waals surface area contributed by atoms with Gasteiger partial charge in [0.2, 0.25) is 11.8 Å². The van der Waals surface area contributed by atoms with Gasteiger partial charge in [-0.1, -0.05) is 86.6 Å². The predicted octanol–water partition coefficient (Wildman–Crippen LogP) is 3.33. The predicted molar refractivity (Wildman–Crippen MR) is 175 cm³/mol. The van der Waals surface area contributed by atoms with Crippen molar-refractivity contribution < 1.29 is 30.7 Å². The number of nitrogens with one attached hydrogen (secondary N) is 4. The van der Waals surface area contributed by atoms with E-state index in [0.717, 1.165) is 27.2 Å². The Kier molecular flexibility index (Phi) is 12.3. The molecule has 4 rings (SSSR count). The summed E-state index contributed by atoms with van der Waals surface area (Å²) in [5.74, 6) is -2.31. The number of aliphatic carboxylic acids is 1. The molecular formula is C35H43N5O6. The van der Waals surface area contributed by atoms with Crippen LogP contribution in [0.2, 0.25) is 1.41 Å². The molecule has 0 bridgehead atoms. The lowest BCUT2D eigenvalue weighted by molar-refractivity contribution is -0.140. The molecule has 3 aromatic carbocycles. The molecule has 0 aliphatic rings. The molecular weight excluding hydrogens is 586 g/mol. The van der Waals surface area contributed by atoms with Crippen LogP contribution in [0.3, 0.4) is 0 Å². The number of nitrogens with zero attached hydrogens (tertiary/aromatic N) is 1. The van der Waals surface area contributed by atoms with E-state index in [4.69, 9.17) is 6.15 Å². The van der Waals surface area contributed by atoms with E-state index in [1.165, 1.54) is 6.33 Å². The van der Waals surface area contributed by atoms with Crippen LogP contribution in [0.4, 0.5) is 0 Å². The fourth-order valence-electron chi connectivity index (χ4n) is 5.32. The van der Waals surface area contributed by atoms with Gasteiger partial charge in [-0.25, -0.2) is 4.98 Å². The van der Waals surface area contributed by atoms with Gasteiger partial charge in [-0.15, -0.1) is 0 Å². The number of amides is 2. The minimum absolute atomic E-state index is 0.0437. The first-order valence-electron chi connectivity index (χ1n) is 15.9. The lowest BCUT2D eigenvalue weighted by atomic mass is 9.96. The van der Waals surface area contributed by atoms with Crippen LogP contribution in [0.1, 0.15) is 43.5 Å². The highest BCUT2D eigenvalue weighted by Gasteiger charge is 2.31. The number of fused-ring (bicyclic) bond motifs is 1. The summed E-state index contributed by atoms with van der Waals surface area (Å²) in [5.41, 5.74) is 2.36. The maximum Gasteiger partial charge on any atom is 0.306 e. The van der Waals surface area contributed by atoms with Crippen LogP contribution in [-0.2, 0) is 38.6 Å². The summed E-state index contributed by atoms with van der Waals surface area (Å²) in [6.45, 7) is 3.88. The number of aliphatic hydroxyl groups excluding tert-OH is 1. The molecule has 0 aliphatic carbocycles. The summed E-state index contributed by atoms with van der Waals surface area (Å²) in [6.07, 6.45) is 1.67. The molecule has 0 aliphatic heterocycles. The lowest BCUT2D eigenvalue weighted by Crippen LogP contribution is -2.57. The van der Waals surface area contributed by atoms with Gasteiger partial charge in [0.1, 0.15) is 7.45 Å². The van der Waals surface area contributed by atoms with Crippen LogP contribution in [-0.4, -0.2) is 68.9 Å². The van der Waals surface area contributed by atoms with Gasteiger partial charge in [0, 0.05) is 18.3 Å². The largest absolute Gasteiger partial charge is 0.481 e. The molecule has 46 heavy (non-hydrogen) atoms. The van der Waals surface area contributed by atoms with Crippen molar-refractivity contribution in [1.82, 2.24) is 25.9 Å². The Morgan fingerprint density at radius 1 is 0.935 bits per heavy atom. The van der Waals surface area contributed by atoms with Crippen molar-refractivity contribution in [3.8, 4) is 0 Å². The average molecular weight is 631 g/mol. The van der Waals surface area contributed by atoms with Crippen molar-refractivity contribution in [3.05, 3.63) is 102 Å². The number of aliphatic hydroxyl groups is 1. The molecule has 0 fully saturated rings. The van der Waals surface area contributed by atoms with Crippen molar-refractivity contribution in [1.29, 1.82) is 0 Å². The topological polar surface area (TPSA) is 166 Å². The van der Waals surface area contributed by atoms with Gasteiger partial charge < -0.3 is 30.6 Å². The second kappa shape index (κ2) is 17.2. The molecule has 11 nitrogen and oxygen atoms in total. The van der Waals surface area contributed by atoms with Crippen LogP contribution in [0.15, 0.2) is 85.3 Å². The summed E-state index contributed by atoms with van der Waals surface area (Å²) >= 11 is 0. The van der Waals surface area contributed by atoms with Crippen LogP contribution >= 0.6 is 0 Å². The third-order valence-electron chi connectivity index (χ3n) is 7.61.